The molecule has 0 aliphatic carbocycles. The highest BCUT2D eigenvalue weighted by Gasteiger charge is 2.22. The molecular weight excluding hydrogens is 398 g/mol. The normalized spacial score (nSPS) is 13.6. The maximum atomic E-state index is 12.7. The van der Waals surface area contributed by atoms with Crippen molar-refractivity contribution < 1.29 is 19.4 Å². The molecule has 0 spiro atoms. The number of ether oxygens (including phenoxy) is 1. The van der Waals surface area contributed by atoms with Gasteiger partial charge in [-0.2, -0.15) is 4.98 Å². The van der Waals surface area contributed by atoms with Gasteiger partial charge < -0.3 is 19.9 Å². The summed E-state index contributed by atoms with van der Waals surface area (Å²) in [5, 5.41) is 24.7. The summed E-state index contributed by atoms with van der Waals surface area (Å²) in [4.78, 5) is 45.6. The van der Waals surface area contributed by atoms with E-state index in [1.54, 1.807) is 19.0 Å². The molecule has 158 valence electrons. The Morgan fingerprint density at radius 1 is 1.13 bits per heavy atom. The Bertz CT molecular complexity index is 958. The minimum absolute atomic E-state index is 0.224. The van der Waals surface area contributed by atoms with E-state index >= 15 is 0 Å². The Morgan fingerprint density at radius 2 is 1.73 bits per heavy atom. The average Bonchev–Trinajstić information content (AvgIpc) is 2.74. The quantitative estimate of drug-likeness (QED) is 0.539. The summed E-state index contributed by atoms with van der Waals surface area (Å²) in [7, 11) is 3.47. The molecule has 0 unspecified atom stereocenters. The zero-order chi connectivity index (χ0) is 21.8. The van der Waals surface area contributed by atoms with Crippen molar-refractivity contribution in [2.75, 3.05) is 55.5 Å². The number of nitrogens with zero attached hydrogens (tertiary/aromatic N) is 6. The third-order valence-corrected chi connectivity index (χ3v) is 4.31. The number of nitro groups is 2. The number of nitrogens with one attached hydrogen (secondary N) is 1. The van der Waals surface area contributed by atoms with Gasteiger partial charge in [-0.25, -0.2) is 4.98 Å². The molecule has 3 rings (SSSR count). The van der Waals surface area contributed by atoms with E-state index in [2.05, 4.69) is 15.3 Å². The molecular formula is C17H19N7O6. The molecule has 1 fully saturated rings. The molecule has 0 atom stereocenters. The van der Waals surface area contributed by atoms with Gasteiger partial charge in [-0.3, -0.25) is 25.0 Å². The number of carbonyl (C=O) groups excluding carboxylic acids is 1. The number of aromatic nitrogens is 2. The number of rotatable bonds is 6. The number of benzene rings is 1. The van der Waals surface area contributed by atoms with Crippen LogP contribution in [0.3, 0.4) is 0 Å². The first kappa shape index (κ1) is 20.9. The topological polar surface area (TPSA) is 157 Å². The molecule has 0 saturated carbocycles. The van der Waals surface area contributed by atoms with E-state index < -0.39 is 27.1 Å². The second-order valence-corrected chi connectivity index (χ2v) is 6.61. The van der Waals surface area contributed by atoms with Gasteiger partial charge in [-0.05, 0) is 0 Å². The highest BCUT2D eigenvalue weighted by molar-refractivity contribution is 6.06. The van der Waals surface area contributed by atoms with Crippen molar-refractivity contribution in [2.24, 2.45) is 0 Å². The Balaban J connectivity index is 1.90. The van der Waals surface area contributed by atoms with E-state index in [1.807, 2.05) is 4.90 Å². The lowest BCUT2D eigenvalue weighted by atomic mass is 10.1. The van der Waals surface area contributed by atoms with Crippen LogP contribution in [-0.4, -0.2) is 66.1 Å². The van der Waals surface area contributed by atoms with Crippen LogP contribution >= 0.6 is 0 Å². The maximum Gasteiger partial charge on any atom is 0.277 e. The fourth-order valence-electron chi connectivity index (χ4n) is 2.84. The van der Waals surface area contributed by atoms with Crippen LogP contribution in [0.5, 0.6) is 0 Å². The number of hydrogen-bond donors (Lipinski definition) is 1. The summed E-state index contributed by atoms with van der Waals surface area (Å²) >= 11 is 0. The molecule has 30 heavy (non-hydrogen) atoms. The maximum absolute atomic E-state index is 12.7. The molecule has 0 radical (unpaired) electrons. The number of nitro benzene ring substituents is 2. The number of anilines is 3. The first-order valence-corrected chi connectivity index (χ1v) is 8.88. The molecule has 13 heteroatoms. The standard InChI is InChI=1S/C17H19N7O6/c1-21(2)15-14(10-18-17(20-15)22-3-5-30-6-4-22)19-16(25)11-7-12(23(26)27)9-13(8-11)24(28)29/h7-10H,3-6H2,1-2H3,(H,19,25). The minimum Gasteiger partial charge on any atom is -0.378 e. The minimum atomic E-state index is -0.796. The predicted molar refractivity (Wildman–Crippen MR) is 107 cm³/mol. The third-order valence-electron chi connectivity index (χ3n) is 4.31. The highest BCUT2D eigenvalue weighted by Crippen LogP contribution is 2.27. The zero-order valence-electron chi connectivity index (χ0n) is 16.3. The fourth-order valence-corrected chi connectivity index (χ4v) is 2.84. The van der Waals surface area contributed by atoms with Gasteiger partial charge in [0.15, 0.2) is 5.82 Å². The van der Waals surface area contributed by atoms with E-state index in [1.165, 1.54) is 6.20 Å². The van der Waals surface area contributed by atoms with Crippen molar-refractivity contribution in [1.82, 2.24) is 9.97 Å². The lowest BCUT2D eigenvalue weighted by Gasteiger charge is -2.28. The second-order valence-electron chi connectivity index (χ2n) is 6.61. The smallest absolute Gasteiger partial charge is 0.277 e. The molecule has 1 aliphatic rings. The number of hydrogen-bond acceptors (Lipinski definition) is 10. The van der Waals surface area contributed by atoms with Crippen LogP contribution in [0.15, 0.2) is 24.4 Å². The van der Waals surface area contributed by atoms with E-state index in [4.69, 9.17) is 4.74 Å². The second kappa shape index (κ2) is 8.65. The van der Waals surface area contributed by atoms with E-state index in [-0.39, 0.29) is 11.3 Å². The van der Waals surface area contributed by atoms with Crippen LogP contribution in [0.25, 0.3) is 0 Å². The van der Waals surface area contributed by atoms with E-state index in [0.717, 1.165) is 18.2 Å². The molecule has 2 heterocycles. The zero-order valence-corrected chi connectivity index (χ0v) is 16.3. The number of carbonyl (C=O) groups is 1. The molecule has 0 bridgehead atoms. The Hall–Kier alpha value is -3.87. The fraction of sp³-hybridized carbons (Fsp3) is 0.353. The lowest BCUT2D eigenvalue weighted by Crippen LogP contribution is -2.37. The van der Waals surface area contributed by atoms with Crippen LogP contribution in [0.1, 0.15) is 10.4 Å². The average molecular weight is 417 g/mol. The molecule has 13 nitrogen and oxygen atoms in total. The molecule has 1 saturated heterocycles. The SMILES string of the molecule is CN(C)c1nc(N2CCOCC2)ncc1NC(=O)c1cc([N+](=O)[O-])cc([N+](=O)[O-])c1. The molecule has 1 aromatic heterocycles. The number of morpholine rings is 1. The van der Waals surface area contributed by atoms with Crippen LogP contribution < -0.4 is 15.1 Å². The van der Waals surface area contributed by atoms with Crippen LogP contribution in [0.2, 0.25) is 0 Å². The van der Waals surface area contributed by atoms with Crippen molar-refractivity contribution >= 4 is 34.7 Å². The summed E-state index contributed by atoms with van der Waals surface area (Å²) in [6, 6.07) is 2.74. The van der Waals surface area contributed by atoms with Gasteiger partial charge in [0.25, 0.3) is 17.3 Å². The highest BCUT2D eigenvalue weighted by atomic mass is 16.6. The van der Waals surface area contributed by atoms with Gasteiger partial charge in [0.05, 0.1) is 40.9 Å². The van der Waals surface area contributed by atoms with Gasteiger partial charge in [0, 0.05) is 39.3 Å². The van der Waals surface area contributed by atoms with Crippen LogP contribution in [0.4, 0.5) is 28.8 Å². The summed E-state index contributed by atoms with van der Waals surface area (Å²) < 4.78 is 5.32. The Kier molecular flexibility index (Phi) is 6.01. The van der Waals surface area contributed by atoms with Crippen molar-refractivity contribution in [3.8, 4) is 0 Å². The van der Waals surface area contributed by atoms with Gasteiger partial charge in [-0.15, -0.1) is 0 Å². The van der Waals surface area contributed by atoms with E-state index in [9.17, 15) is 25.0 Å². The van der Waals surface area contributed by atoms with Gasteiger partial charge >= 0.3 is 0 Å². The molecule has 1 N–H and O–H groups in total. The molecule has 2 aromatic rings. The van der Waals surface area contributed by atoms with Gasteiger partial charge in [-0.1, -0.05) is 0 Å². The monoisotopic (exact) mass is 417 g/mol. The summed E-state index contributed by atoms with van der Waals surface area (Å²) in [5.41, 5.74) is -1.07. The summed E-state index contributed by atoms with van der Waals surface area (Å²) in [6.07, 6.45) is 1.43. The van der Waals surface area contributed by atoms with Crippen molar-refractivity contribution in [1.29, 1.82) is 0 Å². The predicted octanol–water partition coefficient (Wildman–Crippen LogP) is 1.45. The van der Waals surface area contributed by atoms with Crippen LogP contribution in [0, 0.1) is 20.2 Å². The molecule has 1 aliphatic heterocycles. The van der Waals surface area contributed by atoms with Crippen molar-refractivity contribution in [3.05, 3.63) is 50.2 Å². The lowest BCUT2D eigenvalue weighted by molar-refractivity contribution is -0.394. The Labute approximate surface area is 170 Å². The van der Waals surface area contributed by atoms with Crippen LogP contribution in [-0.2, 0) is 4.74 Å². The Morgan fingerprint density at radius 3 is 2.27 bits per heavy atom. The van der Waals surface area contributed by atoms with Crippen molar-refractivity contribution in [3.63, 3.8) is 0 Å². The largest absolute Gasteiger partial charge is 0.378 e. The first-order valence-electron chi connectivity index (χ1n) is 8.88. The third kappa shape index (κ3) is 4.57. The summed E-state index contributed by atoms with van der Waals surface area (Å²) in [5.74, 6) is 0.137. The summed E-state index contributed by atoms with van der Waals surface area (Å²) in [6.45, 7) is 2.39. The van der Waals surface area contributed by atoms with Gasteiger partial charge in [0.2, 0.25) is 5.95 Å². The molecule has 1 amide bonds. The molecule has 1 aromatic carbocycles. The van der Waals surface area contributed by atoms with Gasteiger partial charge in [0.1, 0.15) is 5.69 Å². The first-order chi connectivity index (χ1) is 14.3. The number of non-ortho nitro benzene ring substituents is 2. The van der Waals surface area contributed by atoms with Crippen molar-refractivity contribution in [2.45, 2.75) is 0 Å². The van der Waals surface area contributed by atoms with E-state index in [0.29, 0.717) is 38.1 Å². The number of amides is 1.